The molecule has 5 nitrogen and oxygen atoms in total. The summed E-state index contributed by atoms with van der Waals surface area (Å²) in [5.41, 5.74) is 1.02. The van der Waals surface area contributed by atoms with Crippen molar-refractivity contribution in [1.29, 1.82) is 0 Å². The van der Waals surface area contributed by atoms with E-state index in [2.05, 4.69) is 43.6 Å². The van der Waals surface area contributed by atoms with Crippen LogP contribution in [-0.2, 0) is 0 Å². The number of hydrogen-bond donors (Lipinski definition) is 0. The number of anilines is 1. The summed E-state index contributed by atoms with van der Waals surface area (Å²) < 4.78 is 2.28. The molecule has 1 aliphatic rings. The van der Waals surface area contributed by atoms with E-state index in [4.69, 9.17) is 0 Å². The van der Waals surface area contributed by atoms with Crippen LogP contribution in [0.3, 0.4) is 0 Å². The van der Waals surface area contributed by atoms with Crippen molar-refractivity contribution in [2.45, 2.75) is 32.7 Å². The van der Waals surface area contributed by atoms with Gasteiger partial charge in [0.2, 0.25) is 0 Å². The topological polar surface area (TPSA) is 46.8 Å². The summed E-state index contributed by atoms with van der Waals surface area (Å²) in [6.45, 7) is 6.13. The second-order valence-electron chi connectivity index (χ2n) is 5.14. The van der Waals surface area contributed by atoms with Gasteiger partial charge in [-0.2, -0.15) is 0 Å². The van der Waals surface area contributed by atoms with E-state index in [1.165, 1.54) is 12.8 Å². The van der Waals surface area contributed by atoms with Crippen molar-refractivity contribution >= 4 is 5.82 Å². The van der Waals surface area contributed by atoms with Gasteiger partial charge in [0.05, 0.1) is 6.04 Å². The molecular weight excluding hydrogens is 238 g/mol. The highest BCUT2D eigenvalue weighted by molar-refractivity contribution is 5.39. The molecule has 2 aromatic rings. The molecule has 3 heterocycles. The molecule has 0 N–H and O–H groups in total. The third-order valence-corrected chi connectivity index (χ3v) is 3.77. The third kappa shape index (κ3) is 2.45. The van der Waals surface area contributed by atoms with Crippen molar-refractivity contribution in [2.75, 3.05) is 18.0 Å². The average Bonchev–Trinajstić information content (AvgIpc) is 2.85. The summed E-state index contributed by atoms with van der Waals surface area (Å²) in [6, 6.07) is 2.55. The van der Waals surface area contributed by atoms with E-state index < -0.39 is 0 Å². The van der Waals surface area contributed by atoms with E-state index in [-0.39, 0.29) is 0 Å². The van der Waals surface area contributed by atoms with E-state index in [0.29, 0.717) is 6.04 Å². The smallest absolute Gasteiger partial charge is 0.132 e. The minimum Gasteiger partial charge on any atom is -0.354 e. The molecule has 2 aromatic heterocycles. The predicted molar refractivity (Wildman–Crippen MR) is 74.2 cm³/mol. The van der Waals surface area contributed by atoms with E-state index in [1.807, 2.05) is 13.1 Å². The molecule has 0 aromatic carbocycles. The lowest BCUT2D eigenvalue weighted by atomic mass is 10.1. The molecule has 1 atom stereocenters. The Morgan fingerprint density at radius 2 is 2.11 bits per heavy atom. The maximum atomic E-state index is 4.39. The van der Waals surface area contributed by atoms with Crippen molar-refractivity contribution in [2.24, 2.45) is 0 Å². The monoisotopic (exact) mass is 257 g/mol. The predicted octanol–water partition coefficient (Wildman–Crippen LogP) is 2.13. The molecule has 0 spiro atoms. The van der Waals surface area contributed by atoms with Crippen LogP contribution in [-0.4, -0.2) is 32.6 Å². The number of nitrogens with zero attached hydrogens (tertiary/aromatic N) is 5. The first-order valence-corrected chi connectivity index (χ1v) is 6.77. The van der Waals surface area contributed by atoms with Gasteiger partial charge in [-0.1, -0.05) is 0 Å². The zero-order chi connectivity index (χ0) is 13.2. The molecule has 19 heavy (non-hydrogen) atoms. The summed E-state index contributed by atoms with van der Waals surface area (Å²) in [7, 11) is 0. The van der Waals surface area contributed by atoms with Crippen LogP contribution in [0.4, 0.5) is 5.82 Å². The van der Waals surface area contributed by atoms with Crippen molar-refractivity contribution in [3.63, 3.8) is 0 Å². The fourth-order valence-corrected chi connectivity index (χ4v) is 2.78. The number of aryl methyl sites for hydroxylation is 2. The molecule has 1 saturated heterocycles. The van der Waals surface area contributed by atoms with Crippen molar-refractivity contribution in [1.82, 2.24) is 19.5 Å². The quantitative estimate of drug-likeness (QED) is 0.827. The number of hydrogen-bond acceptors (Lipinski definition) is 4. The summed E-state index contributed by atoms with van der Waals surface area (Å²) in [5.74, 6) is 2.13. The second-order valence-corrected chi connectivity index (χ2v) is 5.14. The van der Waals surface area contributed by atoms with E-state index in [9.17, 15) is 0 Å². The van der Waals surface area contributed by atoms with Crippen LogP contribution in [0.15, 0.2) is 24.8 Å². The van der Waals surface area contributed by atoms with Crippen LogP contribution in [0, 0.1) is 13.8 Å². The van der Waals surface area contributed by atoms with Gasteiger partial charge in [-0.25, -0.2) is 15.0 Å². The Morgan fingerprint density at radius 3 is 2.84 bits per heavy atom. The van der Waals surface area contributed by atoms with Crippen LogP contribution in [0.1, 0.15) is 30.4 Å². The summed E-state index contributed by atoms with van der Waals surface area (Å²) in [5, 5.41) is 0. The Hall–Kier alpha value is -1.91. The summed E-state index contributed by atoms with van der Waals surface area (Å²) in [4.78, 5) is 15.2. The standard InChI is InChI=1S/C14H19N5/c1-11-8-14(17-10-16-11)18-6-3-4-13(9-18)19-7-5-15-12(19)2/h5,7-8,10,13H,3-4,6,9H2,1-2H3. The molecule has 1 unspecified atom stereocenters. The van der Waals surface area contributed by atoms with Gasteiger partial charge in [0, 0.05) is 37.2 Å². The SMILES string of the molecule is Cc1cc(N2CCCC(n3ccnc3C)C2)ncn1. The van der Waals surface area contributed by atoms with Gasteiger partial charge in [-0.05, 0) is 26.7 Å². The molecular formula is C14H19N5. The van der Waals surface area contributed by atoms with Crippen molar-refractivity contribution in [3.05, 3.63) is 36.3 Å². The Labute approximate surface area is 113 Å². The Bertz CT molecular complexity index is 562. The maximum absolute atomic E-state index is 4.39. The maximum Gasteiger partial charge on any atom is 0.132 e. The van der Waals surface area contributed by atoms with Crippen LogP contribution in [0.25, 0.3) is 0 Å². The van der Waals surface area contributed by atoms with E-state index in [0.717, 1.165) is 30.4 Å². The van der Waals surface area contributed by atoms with Crippen LogP contribution < -0.4 is 4.90 Å². The fourth-order valence-electron chi connectivity index (χ4n) is 2.78. The summed E-state index contributed by atoms with van der Waals surface area (Å²) >= 11 is 0. The molecule has 0 saturated carbocycles. The molecule has 0 radical (unpaired) electrons. The highest BCUT2D eigenvalue weighted by Gasteiger charge is 2.22. The normalized spacial score (nSPS) is 19.7. The van der Waals surface area contributed by atoms with Gasteiger partial charge >= 0.3 is 0 Å². The Balaban J connectivity index is 1.80. The number of aromatic nitrogens is 4. The van der Waals surface area contributed by atoms with Gasteiger partial charge in [0.25, 0.3) is 0 Å². The van der Waals surface area contributed by atoms with Crippen LogP contribution in [0.5, 0.6) is 0 Å². The third-order valence-electron chi connectivity index (χ3n) is 3.77. The van der Waals surface area contributed by atoms with Crippen LogP contribution >= 0.6 is 0 Å². The fraction of sp³-hybridized carbons (Fsp3) is 0.500. The molecule has 0 aliphatic carbocycles. The zero-order valence-corrected chi connectivity index (χ0v) is 11.5. The lowest BCUT2D eigenvalue weighted by Crippen LogP contribution is -2.37. The second kappa shape index (κ2) is 4.99. The minimum atomic E-state index is 0.492. The zero-order valence-electron chi connectivity index (χ0n) is 11.5. The molecule has 0 amide bonds. The average molecular weight is 257 g/mol. The molecule has 100 valence electrons. The largest absolute Gasteiger partial charge is 0.354 e. The first-order valence-electron chi connectivity index (χ1n) is 6.77. The van der Waals surface area contributed by atoms with Crippen molar-refractivity contribution < 1.29 is 0 Å². The molecule has 1 fully saturated rings. The summed E-state index contributed by atoms with van der Waals surface area (Å²) in [6.07, 6.45) is 8.00. The molecule has 1 aliphatic heterocycles. The first kappa shape index (κ1) is 12.1. The number of rotatable bonds is 2. The van der Waals surface area contributed by atoms with Crippen LogP contribution in [0.2, 0.25) is 0 Å². The lowest BCUT2D eigenvalue weighted by molar-refractivity contribution is 0.397. The highest BCUT2D eigenvalue weighted by atomic mass is 15.2. The van der Waals surface area contributed by atoms with E-state index >= 15 is 0 Å². The first-order chi connectivity index (χ1) is 9.24. The molecule has 3 rings (SSSR count). The van der Waals surface area contributed by atoms with Gasteiger partial charge in [0.15, 0.2) is 0 Å². The highest BCUT2D eigenvalue weighted by Crippen LogP contribution is 2.25. The lowest BCUT2D eigenvalue weighted by Gasteiger charge is -2.34. The number of imidazole rings is 1. The number of piperidine rings is 1. The van der Waals surface area contributed by atoms with Gasteiger partial charge in [0.1, 0.15) is 18.0 Å². The van der Waals surface area contributed by atoms with Crippen molar-refractivity contribution in [3.8, 4) is 0 Å². The molecule has 5 heteroatoms. The minimum absolute atomic E-state index is 0.492. The van der Waals surface area contributed by atoms with Gasteiger partial charge in [-0.15, -0.1) is 0 Å². The Kier molecular flexibility index (Phi) is 3.19. The molecule has 0 bridgehead atoms. The van der Waals surface area contributed by atoms with Gasteiger partial charge in [-0.3, -0.25) is 0 Å². The van der Waals surface area contributed by atoms with Gasteiger partial charge < -0.3 is 9.47 Å². The van der Waals surface area contributed by atoms with E-state index in [1.54, 1.807) is 6.33 Å². The Morgan fingerprint density at radius 1 is 1.21 bits per heavy atom.